The first kappa shape index (κ1) is 13.4. The Morgan fingerprint density at radius 2 is 1.91 bits per heavy atom. The van der Waals surface area contributed by atoms with Gasteiger partial charge in [0.2, 0.25) is 12.7 Å². The third-order valence-electron chi connectivity index (χ3n) is 5.59. The van der Waals surface area contributed by atoms with Gasteiger partial charge < -0.3 is 19.7 Å². The molecule has 2 unspecified atom stereocenters. The minimum absolute atomic E-state index is 0.0265. The lowest BCUT2D eigenvalue weighted by Crippen LogP contribution is -2.54. The first-order valence-corrected chi connectivity index (χ1v) is 8.39. The molecule has 3 saturated heterocycles. The molecule has 1 amide bonds. The third-order valence-corrected chi connectivity index (χ3v) is 5.59. The van der Waals surface area contributed by atoms with Crippen LogP contribution < -0.4 is 14.8 Å². The highest BCUT2D eigenvalue weighted by Crippen LogP contribution is 2.46. The number of hydrogen-bond donors (Lipinski definition) is 1. The molecule has 4 heterocycles. The number of nitrogens with zero attached hydrogens (tertiary/aromatic N) is 1. The fourth-order valence-corrected chi connectivity index (χ4v) is 4.77. The summed E-state index contributed by atoms with van der Waals surface area (Å²) in [5, 5.41) is 2.97. The maximum Gasteiger partial charge on any atom is 0.248 e. The summed E-state index contributed by atoms with van der Waals surface area (Å²) < 4.78 is 10.6. The summed E-state index contributed by atoms with van der Waals surface area (Å²) >= 11 is 0. The number of rotatable bonds is 2. The molecule has 1 N–H and O–H groups in total. The summed E-state index contributed by atoms with van der Waals surface area (Å²) in [5.74, 6) is 3.42. The zero-order chi connectivity index (χ0) is 15.4. The number of amides is 1. The molecule has 5 aliphatic rings. The van der Waals surface area contributed by atoms with Crippen LogP contribution in [0.2, 0.25) is 0 Å². The van der Waals surface area contributed by atoms with Gasteiger partial charge in [0.25, 0.3) is 0 Å². The Hall–Kier alpha value is -2.01. The largest absolute Gasteiger partial charge is 0.454 e. The summed E-state index contributed by atoms with van der Waals surface area (Å²) in [7, 11) is 0. The van der Waals surface area contributed by atoms with Crippen LogP contribution in [0.4, 0.5) is 5.69 Å². The maximum absolute atomic E-state index is 12.4. The molecule has 4 fully saturated rings. The molecule has 1 aromatic carbocycles. The zero-order valence-corrected chi connectivity index (χ0v) is 13.0. The van der Waals surface area contributed by atoms with Gasteiger partial charge >= 0.3 is 0 Å². The Bertz CT molecular complexity index is 668. The van der Waals surface area contributed by atoms with Crippen molar-refractivity contribution in [2.45, 2.75) is 12.8 Å². The van der Waals surface area contributed by atoms with Crippen LogP contribution in [-0.2, 0) is 4.79 Å². The second kappa shape index (κ2) is 4.99. The lowest BCUT2D eigenvalue weighted by atomic mass is 9.65. The Morgan fingerprint density at radius 3 is 2.70 bits per heavy atom. The van der Waals surface area contributed by atoms with Crippen LogP contribution in [0.1, 0.15) is 12.8 Å². The van der Waals surface area contributed by atoms with Crippen LogP contribution >= 0.6 is 0 Å². The number of ether oxygens (including phenoxy) is 2. The Kier molecular flexibility index (Phi) is 2.92. The van der Waals surface area contributed by atoms with Gasteiger partial charge in [-0.2, -0.15) is 0 Å². The monoisotopic (exact) mass is 312 g/mol. The molecule has 120 valence electrons. The molecule has 5 nitrogen and oxygen atoms in total. The summed E-state index contributed by atoms with van der Waals surface area (Å²) in [6.07, 6.45) is 4.38. The van der Waals surface area contributed by atoms with E-state index >= 15 is 0 Å². The summed E-state index contributed by atoms with van der Waals surface area (Å²) in [6.45, 7) is 3.79. The molecule has 0 radical (unpaired) electrons. The van der Waals surface area contributed by atoms with E-state index in [2.05, 4.69) is 10.2 Å². The standard InChI is InChI=1S/C18H20N2O3/c21-18(19-14-1-2-16-17(5-14)23-10-22-16)6-15-12-3-11-4-13(15)9-20(7-11)8-12/h1-2,5-6,11-13H,3-4,7-10H2,(H,19,21). The van der Waals surface area contributed by atoms with E-state index in [0.717, 1.165) is 30.4 Å². The molecular formula is C18H20N2O3. The number of fused-ring (bicyclic) bond motifs is 1. The molecule has 4 bridgehead atoms. The Labute approximate surface area is 135 Å². The quantitative estimate of drug-likeness (QED) is 0.851. The van der Waals surface area contributed by atoms with E-state index in [4.69, 9.17) is 9.47 Å². The Morgan fingerprint density at radius 1 is 1.13 bits per heavy atom. The van der Waals surface area contributed by atoms with Crippen molar-refractivity contribution in [3.63, 3.8) is 0 Å². The molecule has 0 spiro atoms. The molecule has 1 aliphatic carbocycles. The van der Waals surface area contributed by atoms with Crippen molar-refractivity contribution < 1.29 is 14.3 Å². The Balaban J connectivity index is 1.33. The van der Waals surface area contributed by atoms with Crippen LogP contribution in [0.3, 0.4) is 0 Å². The van der Waals surface area contributed by atoms with E-state index in [1.165, 1.54) is 25.0 Å². The fraction of sp³-hybridized carbons (Fsp3) is 0.500. The molecule has 6 rings (SSSR count). The summed E-state index contributed by atoms with van der Waals surface area (Å²) in [6, 6.07) is 5.51. The normalized spacial score (nSPS) is 33.0. The molecule has 1 saturated carbocycles. The van der Waals surface area contributed by atoms with Gasteiger partial charge in [0.1, 0.15) is 0 Å². The van der Waals surface area contributed by atoms with Crippen molar-refractivity contribution in [2.24, 2.45) is 17.8 Å². The molecule has 5 heteroatoms. The summed E-state index contributed by atoms with van der Waals surface area (Å²) in [5.41, 5.74) is 2.12. The van der Waals surface area contributed by atoms with E-state index in [9.17, 15) is 4.79 Å². The van der Waals surface area contributed by atoms with Crippen LogP contribution in [0.25, 0.3) is 0 Å². The topological polar surface area (TPSA) is 50.8 Å². The number of nitrogens with one attached hydrogen (secondary N) is 1. The van der Waals surface area contributed by atoms with E-state index in [-0.39, 0.29) is 12.7 Å². The molecular weight excluding hydrogens is 292 g/mol. The van der Waals surface area contributed by atoms with Crippen molar-refractivity contribution in [3.8, 4) is 11.5 Å². The molecule has 4 aliphatic heterocycles. The summed E-state index contributed by atoms with van der Waals surface area (Å²) in [4.78, 5) is 15.0. The van der Waals surface area contributed by atoms with Gasteiger partial charge in [-0.1, -0.05) is 5.57 Å². The van der Waals surface area contributed by atoms with E-state index in [1.807, 2.05) is 24.3 Å². The van der Waals surface area contributed by atoms with E-state index in [1.54, 1.807) is 0 Å². The van der Waals surface area contributed by atoms with Gasteiger partial charge in [-0.25, -0.2) is 0 Å². The average Bonchev–Trinajstić information content (AvgIpc) is 2.98. The zero-order valence-electron chi connectivity index (χ0n) is 13.0. The van der Waals surface area contributed by atoms with Crippen LogP contribution in [0, 0.1) is 17.8 Å². The molecule has 2 atom stereocenters. The van der Waals surface area contributed by atoms with Gasteiger partial charge in [0.15, 0.2) is 11.5 Å². The van der Waals surface area contributed by atoms with Crippen LogP contribution in [-0.4, -0.2) is 37.2 Å². The SMILES string of the molecule is O=C(C=C1C2CC3CC1CN(C3)C2)Nc1ccc2c(c1)OCO2. The van der Waals surface area contributed by atoms with E-state index in [0.29, 0.717) is 17.6 Å². The number of carbonyl (C=O) groups excluding carboxylic acids is 1. The lowest BCUT2D eigenvalue weighted by Gasteiger charge is -2.53. The van der Waals surface area contributed by atoms with Crippen molar-refractivity contribution in [2.75, 3.05) is 31.7 Å². The number of anilines is 1. The first-order chi connectivity index (χ1) is 11.2. The van der Waals surface area contributed by atoms with E-state index < -0.39 is 0 Å². The van der Waals surface area contributed by atoms with Gasteiger partial charge in [-0.15, -0.1) is 0 Å². The second-order valence-corrected chi connectivity index (χ2v) is 7.15. The smallest absolute Gasteiger partial charge is 0.248 e. The molecule has 0 aromatic heterocycles. The van der Waals surface area contributed by atoms with Gasteiger partial charge in [-0.3, -0.25) is 4.79 Å². The van der Waals surface area contributed by atoms with Crippen molar-refractivity contribution in [3.05, 3.63) is 29.8 Å². The highest BCUT2D eigenvalue weighted by Gasteiger charge is 2.44. The van der Waals surface area contributed by atoms with Crippen molar-refractivity contribution in [1.82, 2.24) is 4.90 Å². The van der Waals surface area contributed by atoms with Gasteiger partial charge in [0.05, 0.1) is 0 Å². The number of carbonyl (C=O) groups is 1. The third kappa shape index (κ3) is 2.30. The highest BCUT2D eigenvalue weighted by atomic mass is 16.7. The number of benzene rings is 1. The lowest BCUT2D eigenvalue weighted by molar-refractivity contribution is -0.112. The molecule has 1 aromatic rings. The van der Waals surface area contributed by atoms with Crippen molar-refractivity contribution in [1.29, 1.82) is 0 Å². The molecule has 23 heavy (non-hydrogen) atoms. The minimum Gasteiger partial charge on any atom is -0.454 e. The predicted octanol–water partition coefficient (Wildman–Crippen LogP) is 2.25. The number of piperidine rings is 3. The highest BCUT2D eigenvalue weighted by molar-refractivity contribution is 6.00. The van der Waals surface area contributed by atoms with Gasteiger partial charge in [0, 0.05) is 37.5 Å². The van der Waals surface area contributed by atoms with Crippen LogP contribution in [0.15, 0.2) is 29.8 Å². The average molecular weight is 312 g/mol. The second-order valence-electron chi connectivity index (χ2n) is 7.15. The van der Waals surface area contributed by atoms with Crippen molar-refractivity contribution >= 4 is 11.6 Å². The van der Waals surface area contributed by atoms with Crippen LogP contribution in [0.5, 0.6) is 11.5 Å². The fourth-order valence-electron chi connectivity index (χ4n) is 4.77. The first-order valence-electron chi connectivity index (χ1n) is 8.39. The van der Waals surface area contributed by atoms with Gasteiger partial charge in [-0.05, 0) is 42.7 Å². The predicted molar refractivity (Wildman–Crippen MR) is 85.4 cm³/mol. The number of hydrogen-bond acceptors (Lipinski definition) is 4. The maximum atomic E-state index is 12.4. The minimum atomic E-state index is -0.0265.